The normalized spacial score (nSPS) is 12.0. The number of nitrogens with zero attached hydrogens (tertiary/aromatic N) is 1. The second-order valence-corrected chi connectivity index (χ2v) is 6.31. The van der Waals surface area contributed by atoms with E-state index < -0.39 is 0 Å². The minimum atomic E-state index is -0.214. The Morgan fingerprint density at radius 2 is 1.82 bits per heavy atom. The lowest BCUT2D eigenvalue weighted by Gasteiger charge is -2.13. The molecule has 3 rings (SSSR count). The lowest BCUT2D eigenvalue weighted by molar-refractivity contribution is -0.115. The molecule has 0 unspecified atom stereocenters. The van der Waals surface area contributed by atoms with Gasteiger partial charge in [-0.05, 0) is 30.5 Å². The van der Waals surface area contributed by atoms with Crippen LogP contribution in [0.15, 0.2) is 71.9 Å². The van der Waals surface area contributed by atoms with Crippen molar-refractivity contribution in [2.45, 2.75) is 17.2 Å². The van der Waals surface area contributed by atoms with Crippen molar-refractivity contribution >= 4 is 34.1 Å². The predicted molar refractivity (Wildman–Crippen MR) is 92.1 cm³/mol. The van der Waals surface area contributed by atoms with Gasteiger partial charge in [-0.2, -0.15) is 0 Å². The fourth-order valence-electron chi connectivity index (χ4n) is 2.22. The predicted octanol–water partition coefficient (Wildman–Crippen LogP) is 4.35. The number of anilines is 1. The zero-order valence-corrected chi connectivity index (χ0v) is 13.0. The van der Waals surface area contributed by atoms with Gasteiger partial charge in [0.15, 0.2) is 0 Å². The molecule has 4 heteroatoms. The third-order valence-corrected chi connectivity index (χ3v) is 4.40. The van der Waals surface area contributed by atoms with Crippen LogP contribution in [0, 0.1) is 0 Å². The van der Waals surface area contributed by atoms with Crippen LogP contribution in [0.4, 0.5) is 5.69 Å². The van der Waals surface area contributed by atoms with Crippen molar-refractivity contribution in [3.05, 3.63) is 66.9 Å². The Kier molecular flexibility index (Phi) is 4.39. The fraction of sp³-hybridized carbons (Fsp3) is 0.111. The van der Waals surface area contributed by atoms with Crippen molar-refractivity contribution in [1.29, 1.82) is 0 Å². The van der Waals surface area contributed by atoms with Crippen LogP contribution in [-0.2, 0) is 4.79 Å². The second kappa shape index (κ2) is 6.62. The van der Waals surface area contributed by atoms with E-state index in [9.17, 15) is 4.79 Å². The van der Waals surface area contributed by atoms with Gasteiger partial charge in [0, 0.05) is 17.3 Å². The largest absolute Gasteiger partial charge is 0.325 e. The molecule has 1 atom stereocenters. The molecule has 0 bridgehead atoms. The average molecular weight is 308 g/mol. The van der Waals surface area contributed by atoms with Crippen LogP contribution in [0.1, 0.15) is 6.92 Å². The molecule has 0 saturated heterocycles. The Morgan fingerprint density at radius 3 is 2.64 bits per heavy atom. The summed E-state index contributed by atoms with van der Waals surface area (Å²) in [5.74, 6) is -0.0213. The van der Waals surface area contributed by atoms with Crippen LogP contribution in [0.3, 0.4) is 0 Å². The number of amides is 1. The summed E-state index contributed by atoms with van der Waals surface area (Å²) in [6.45, 7) is 1.89. The molecule has 22 heavy (non-hydrogen) atoms. The van der Waals surface area contributed by atoms with Crippen LogP contribution in [-0.4, -0.2) is 16.1 Å². The molecule has 1 N–H and O–H groups in total. The number of aromatic nitrogens is 1. The molecular formula is C18H16N2OS. The Morgan fingerprint density at radius 1 is 1.05 bits per heavy atom. The number of rotatable bonds is 4. The standard InChI is InChI=1S/C18H16N2OS/c1-13(22-17-11-4-5-12-19-17)18(21)20-16-10-6-8-14-7-2-3-9-15(14)16/h2-13H,1H3,(H,20,21)/t13-/m1/s1. The maximum atomic E-state index is 12.4. The molecule has 0 fully saturated rings. The van der Waals surface area contributed by atoms with Crippen LogP contribution < -0.4 is 5.32 Å². The molecular weight excluding hydrogens is 292 g/mol. The first-order valence-electron chi connectivity index (χ1n) is 7.10. The van der Waals surface area contributed by atoms with Crippen molar-refractivity contribution in [1.82, 2.24) is 4.98 Å². The van der Waals surface area contributed by atoms with Crippen LogP contribution in [0.5, 0.6) is 0 Å². The minimum absolute atomic E-state index is 0.0213. The molecule has 0 saturated carbocycles. The summed E-state index contributed by atoms with van der Waals surface area (Å²) in [5.41, 5.74) is 0.844. The van der Waals surface area contributed by atoms with E-state index in [4.69, 9.17) is 0 Å². The smallest absolute Gasteiger partial charge is 0.237 e. The molecule has 0 spiro atoms. The fourth-order valence-corrected chi connectivity index (χ4v) is 3.03. The van der Waals surface area contributed by atoms with Gasteiger partial charge in [-0.1, -0.05) is 54.2 Å². The number of nitrogens with one attached hydrogen (secondary N) is 1. The van der Waals surface area contributed by atoms with Crippen molar-refractivity contribution in [3.63, 3.8) is 0 Å². The third kappa shape index (κ3) is 3.28. The van der Waals surface area contributed by atoms with E-state index >= 15 is 0 Å². The molecule has 2 aromatic carbocycles. The van der Waals surface area contributed by atoms with Crippen LogP contribution >= 0.6 is 11.8 Å². The summed E-state index contributed by atoms with van der Waals surface area (Å²) in [6, 6.07) is 19.6. The maximum absolute atomic E-state index is 12.4. The van der Waals surface area contributed by atoms with E-state index in [1.54, 1.807) is 6.20 Å². The summed E-state index contributed by atoms with van der Waals surface area (Å²) in [5, 5.41) is 5.82. The van der Waals surface area contributed by atoms with Gasteiger partial charge in [0.05, 0.1) is 10.3 Å². The number of benzene rings is 2. The molecule has 3 aromatic rings. The summed E-state index contributed by atoms with van der Waals surface area (Å²) in [6.07, 6.45) is 1.73. The minimum Gasteiger partial charge on any atom is -0.325 e. The number of hydrogen-bond donors (Lipinski definition) is 1. The molecule has 0 aliphatic carbocycles. The molecule has 0 aliphatic heterocycles. The Balaban J connectivity index is 1.75. The molecule has 1 aromatic heterocycles. The van der Waals surface area contributed by atoms with Gasteiger partial charge >= 0.3 is 0 Å². The lowest BCUT2D eigenvalue weighted by atomic mass is 10.1. The van der Waals surface area contributed by atoms with E-state index in [2.05, 4.69) is 10.3 Å². The van der Waals surface area contributed by atoms with Gasteiger partial charge in [0.25, 0.3) is 0 Å². The quantitative estimate of drug-likeness (QED) is 0.728. The summed E-state index contributed by atoms with van der Waals surface area (Å²) >= 11 is 1.45. The highest BCUT2D eigenvalue weighted by Crippen LogP contribution is 2.25. The number of carbonyl (C=O) groups is 1. The SMILES string of the molecule is C[C@@H](Sc1ccccn1)C(=O)Nc1cccc2ccccc12. The van der Waals surface area contributed by atoms with Crippen molar-refractivity contribution < 1.29 is 4.79 Å². The van der Waals surface area contributed by atoms with Gasteiger partial charge in [0.2, 0.25) is 5.91 Å². The molecule has 110 valence electrons. The number of hydrogen-bond acceptors (Lipinski definition) is 3. The van der Waals surface area contributed by atoms with Crippen molar-refractivity contribution in [2.75, 3.05) is 5.32 Å². The first kappa shape index (κ1) is 14.6. The van der Waals surface area contributed by atoms with E-state index in [1.807, 2.05) is 67.6 Å². The van der Waals surface area contributed by atoms with E-state index in [1.165, 1.54) is 11.8 Å². The zero-order valence-electron chi connectivity index (χ0n) is 12.2. The van der Waals surface area contributed by atoms with E-state index in [-0.39, 0.29) is 11.2 Å². The first-order chi connectivity index (χ1) is 10.7. The summed E-state index contributed by atoms with van der Waals surface area (Å²) in [4.78, 5) is 16.6. The monoisotopic (exact) mass is 308 g/mol. The summed E-state index contributed by atoms with van der Waals surface area (Å²) < 4.78 is 0. The number of fused-ring (bicyclic) bond motifs is 1. The molecule has 1 amide bonds. The van der Waals surface area contributed by atoms with Crippen molar-refractivity contribution in [2.24, 2.45) is 0 Å². The molecule has 1 heterocycles. The Hall–Kier alpha value is -2.33. The van der Waals surface area contributed by atoms with Gasteiger partial charge in [-0.25, -0.2) is 4.98 Å². The highest BCUT2D eigenvalue weighted by Gasteiger charge is 2.15. The van der Waals surface area contributed by atoms with Gasteiger partial charge < -0.3 is 5.32 Å². The second-order valence-electron chi connectivity index (χ2n) is 4.94. The van der Waals surface area contributed by atoms with Crippen LogP contribution in [0.2, 0.25) is 0 Å². The number of carbonyl (C=O) groups excluding carboxylic acids is 1. The van der Waals surface area contributed by atoms with Crippen molar-refractivity contribution in [3.8, 4) is 0 Å². The average Bonchev–Trinajstić information content (AvgIpc) is 2.56. The highest BCUT2D eigenvalue weighted by molar-refractivity contribution is 8.00. The van der Waals surface area contributed by atoms with Crippen LogP contribution in [0.25, 0.3) is 10.8 Å². The Bertz CT molecular complexity index is 784. The molecule has 0 radical (unpaired) electrons. The van der Waals surface area contributed by atoms with E-state index in [0.29, 0.717) is 0 Å². The highest BCUT2D eigenvalue weighted by atomic mass is 32.2. The van der Waals surface area contributed by atoms with E-state index in [0.717, 1.165) is 21.5 Å². The van der Waals surface area contributed by atoms with Gasteiger partial charge in [-0.15, -0.1) is 0 Å². The summed E-state index contributed by atoms with van der Waals surface area (Å²) in [7, 11) is 0. The third-order valence-electron chi connectivity index (χ3n) is 3.35. The number of thioether (sulfide) groups is 1. The number of pyridine rings is 1. The Labute approximate surface area is 133 Å². The van der Waals surface area contributed by atoms with Gasteiger partial charge in [-0.3, -0.25) is 4.79 Å². The lowest BCUT2D eigenvalue weighted by Crippen LogP contribution is -2.22. The molecule has 3 nitrogen and oxygen atoms in total. The van der Waals surface area contributed by atoms with Gasteiger partial charge in [0.1, 0.15) is 0 Å². The maximum Gasteiger partial charge on any atom is 0.237 e. The topological polar surface area (TPSA) is 42.0 Å². The first-order valence-corrected chi connectivity index (χ1v) is 7.98. The zero-order chi connectivity index (χ0) is 15.4. The molecule has 0 aliphatic rings.